The van der Waals surface area contributed by atoms with Gasteiger partial charge in [0.25, 0.3) is 0 Å². The molecule has 2 aromatic rings. The lowest BCUT2D eigenvalue weighted by Crippen LogP contribution is -2.31. The molecular formula is C15H24N4. The van der Waals surface area contributed by atoms with E-state index in [0.29, 0.717) is 18.5 Å². The predicted molar refractivity (Wildman–Crippen MR) is 80.1 cm³/mol. The molecule has 2 atom stereocenters. The minimum absolute atomic E-state index is 0.350. The van der Waals surface area contributed by atoms with E-state index < -0.39 is 0 Å². The second kappa shape index (κ2) is 5.72. The fourth-order valence-corrected chi connectivity index (χ4v) is 2.85. The number of nitrogens with zero attached hydrogens (tertiary/aromatic N) is 2. The van der Waals surface area contributed by atoms with Crippen LogP contribution < -0.4 is 5.73 Å². The van der Waals surface area contributed by atoms with E-state index >= 15 is 0 Å². The van der Waals surface area contributed by atoms with Gasteiger partial charge in [0.1, 0.15) is 5.82 Å². The van der Waals surface area contributed by atoms with Crippen LogP contribution in [0.4, 0.5) is 0 Å². The number of fused-ring (bicyclic) bond motifs is 1. The van der Waals surface area contributed by atoms with Crippen molar-refractivity contribution in [2.75, 3.05) is 20.6 Å². The van der Waals surface area contributed by atoms with Gasteiger partial charge in [0.05, 0.1) is 11.0 Å². The largest absolute Gasteiger partial charge is 0.342 e. The van der Waals surface area contributed by atoms with Crippen molar-refractivity contribution in [3.05, 3.63) is 29.6 Å². The van der Waals surface area contributed by atoms with Gasteiger partial charge in [-0.25, -0.2) is 4.98 Å². The average Bonchev–Trinajstić information content (AvgIpc) is 2.74. The summed E-state index contributed by atoms with van der Waals surface area (Å²) >= 11 is 0. The smallest absolute Gasteiger partial charge is 0.104 e. The molecule has 0 bridgehead atoms. The molecule has 4 heteroatoms. The molecule has 19 heavy (non-hydrogen) atoms. The Kier molecular flexibility index (Phi) is 4.22. The average molecular weight is 260 g/mol. The van der Waals surface area contributed by atoms with Crippen molar-refractivity contribution in [3.8, 4) is 0 Å². The summed E-state index contributed by atoms with van der Waals surface area (Å²) in [4.78, 5) is 10.0. The normalized spacial score (nSPS) is 15.1. The number of nitrogens with two attached hydrogens (primary N) is 1. The van der Waals surface area contributed by atoms with Gasteiger partial charge in [-0.15, -0.1) is 0 Å². The van der Waals surface area contributed by atoms with Crippen LogP contribution in [-0.2, 0) is 0 Å². The third-order valence-electron chi connectivity index (χ3n) is 3.80. The van der Waals surface area contributed by atoms with Crippen molar-refractivity contribution < 1.29 is 0 Å². The van der Waals surface area contributed by atoms with Gasteiger partial charge < -0.3 is 15.6 Å². The first-order chi connectivity index (χ1) is 9.06. The molecule has 1 heterocycles. The van der Waals surface area contributed by atoms with Crippen LogP contribution in [0.5, 0.6) is 0 Å². The molecule has 2 unspecified atom stereocenters. The number of aromatic amines is 1. The summed E-state index contributed by atoms with van der Waals surface area (Å²) in [5, 5.41) is 0. The maximum absolute atomic E-state index is 5.93. The lowest BCUT2D eigenvalue weighted by atomic mass is 9.90. The monoisotopic (exact) mass is 260 g/mol. The first-order valence-corrected chi connectivity index (χ1v) is 6.89. The first kappa shape index (κ1) is 14.0. The zero-order valence-electron chi connectivity index (χ0n) is 12.3. The number of aryl methyl sites for hydroxylation is 1. The van der Waals surface area contributed by atoms with Gasteiger partial charge in [0, 0.05) is 6.04 Å². The van der Waals surface area contributed by atoms with E-state index in [1.807, 2.05) is 6.92 Å². The number of rotatable bonds is 5. The third-order valence-corrected chi connectivity index (χ3v) is 3.80. The zero-order chi connectivity index (χ0) is 14.0. The van der Waals surface area contributed by atoms with Gasteiger partial charge in [0.2, 0.25) is 0 Å². The number of imidazole rings is 1. The van der Waals surface area contributed by atoms with E-state index in [1.54, 1.807) is 0 Å². The van der Waals surface area contributed by atoms with E-state index in [2.05, 4.69) is 54.1 Å². The Labute approximate surface area is 115 Å². The first-order valence-electron chi connectivity index (χ1n) is 6.89. The second-order valence-electron chi connectivity index (χ2n) is 5.41. The second-order valence-corrected chi connectivity index (χ2v) is 5.41. The summed E-state index contributed by atoms with van der Waals surface area (Å²) in [5.74, 6) is 1.43. The maximum atomic E-state index is 5.93. The van der Waals surface area contributed by atoms with Crippen molar-refractivity contribution in [3.63, 3.8) is 0 Å². The Hall–Kier alpha value is -1.39. The van der Waals surface area contributed by atoms with Gasteiger partial charge in [-0.1, -0.05) is 19.4 Å². The number of H-pyrrole nitrogens is 1. The molecular weight excluding hydrogens is 236 g/mol. The molecule has 0 fully saturated rings. The van der Waals surface area contributed by atoms with Crippen molar-refractivity contribution >= 4 is 11.0 Å². The highest BCUT2D eigenvalue weighted by atomic mass is 15.1. The molecule has 0 aliphatic rings. The van der Waals surface area contributed by atoms with Crippen LogP contribution in [0.25, 0.3) is 11.0 Å². The number of hydrogen-bond donors (Lipinski definition) is 2. The molecule has 0 aliphatic heterocycles. The van der Waals surface area contributed by atoms with Gasteiger partial charge >= 0.3 is 0 Å². The van der Waals surface area contributed by atoms with Crippen molar-refractivity contribution in [2.24, 2.45) is 11.7 Å². The highest BCUT2D eigenvalue weighted by Gasteiger charge is 2.23. The van der Waals surface area contributed by atoms with E-state index in [4.69, 9.17) is 5.73 Å². The van der Waals surface area contributed by atoms with Gasteiger partial charge in [-0.2, -0.15) is 0 Å². The van der Waals surface area contributed by atoms with Crippen molar-refractivity contribution in [1.82, 2.24) is 14.9 Å². The standard InChI is InChI=1S/C15H24N4/c1-5-11(9-16)15(19(3)4)12-6-7-13-14(8-12)18-10(2)17-13/h6-8,11,15H,5,9,16H2,1-4H3,(H,17,18). The summed E-state index contributed by atoms with van der Waals surface area (Å²) in [6.45, 7) is 4.89. The molecule has 0 aliphatic carbocycles. The van der Waals surface area contributed by atoms with E-state index in [1.165, 1.54) is 5.56 Å². The van der Waals surface area contributed by atoms with Gasteiger partial charge in [-0.05, 0) is 51.2 Å². The van der Waals surface area contributed by atoms with Gasteiger partial charge in [-0.3, -0.25) is 0 Å². The Morgan fingerprint density at radius 1 is 1.37 bits per heavy atom. The van der Waals surface area contributed by atoms with Crippen molar-refractivity contribution in [1.29, 1.82) is 0 Å². The van der Waals surface area contributed by atoms with Crippen molar-refractivity contribution in [2.45, 2.75) is 26.3 Å². The maximum Gasteiger partial charge on any atom is 0.104 e. The summed E-state index contributed by atoms with van der Waals surface area (Å²) in [6, 6.07) is 6.82. The van der Waals surface area contributed by atoms with Crippen LogP contribution >= 0.6 is 0 Å². The molecule has 1 aromatic heterocycles. The van der Waals surface area contributed by atoms with E-state index in [-0.39, 0.29) is 0 Å². The van der Waals surface area contributed by atoms with Crippen LogP contribution in [0, 0.1) is 12.8 Å². The molecule has 2 rings (SSSR count). The Morgan fingerprint density at radius 2 is 2.11 bits per heavy atom. The zero-order valence-corrected chi connectivity index (χ0v) is 12.3. The van der Waals surface area contributed by atoms with E-state index in [0.717, 1.165) is 23.3 Å². The third kappa shape index (κ3) is 2.80. The van der Waals surface area contributed by atoms with E-state index in [9.17, 15) is 0 Å². The number of hydrogen-bond acceptors (Lipinski definition) is 3. The van der Waals surface area contributed by atoms with Crippen LogP contribution in [-0.4, -0.2) is 35.5 Å². The molecule has 4 nitrogen and oxygen atoms in total. The number of nitrogens with one attached hydrogen (secondary N) is 1. The lowest BCUT2D eigenvalue weighted by molar-refractivity contribution is 0.211. The minimum atomic E-state index is 0.350. The molecule has 0 saturated heterocycles. The predicted octanol–water partition coefficient (Wildman–Crippen LogP) is 2.46. The molecule has 0 saturated carbocycles. The molecule has 1 aromatic carbocycles. The summed E-state index contributed by atoms with van der Waals surface area (Å²) in [7, 11) is 4.23. The lowest BCUT2D eigenvalue weighted by Gasteiger charge is -2.31. The number of benzene rings is 1. The Morgan fingerprint density at radius 3 is 2.68 bits per heavy atom. The van der Waals surface area contributed by atoms with Crippen LogP contribution in [0.15, 0.2) is 18.2 Å². The molecule has 0 radical (unpaired) electrons. The van der Waals surface area contributed by atoms with Gasteiger partial charge in [0.15, 0.2) is 0 Å². The minimum Gasteiger partial charge on any atom is -0.342 e. The topological polar surface area (TPSA) is 57.9 Å². The summed E-state index contributed by atoms with van der Waals surface area (Å²) in [5.41, 5.74) is 9.37. The highest BCUT2D eigenvalue weighted by Crippen LogP contribution is 2.30. The molecule has 3 N–H and O–H groups in total. The summed E-state index contributed by atoms with van der Waals surface area (Å²) in [6.07, 6.45) is 1.08. The SMILES string of the molecule is CCC(CN)C(c1ccc2nc(C)[nH]c2c1)N(C)C. The quantitative estimate of drug-likeness (QED) is 0.868. The number of aromatic nitrogens is 2. The fourth-order valence-electron chi connectivity index (χ4n) is 2.85. The summed E-state index contributed by atoms with van der Waals surface area (Å²) < 4.78 is 0. The molecule has 0 spiro atoms. The molecule has 104 valence electrons. The van der Waals surface area contributed by atoms with Crippen LogP contribution in [0.3, 0.4) is 0 Å². The van der Waals surface area contributed by atoms with Crippen LogP contribution in [0.1, 0.15) is 30.8 Å². The molecule has 0 amide bonds. The fraction of sp³-hybridized carbons (Fsp3) is 0.533. The van der Waals surface area contributed by atoms with Crippen LogP contribution in [0.2, 0.25) is 0 Å². The Bertz CT molecular complexity index is 540. The Balaban J connectivity index is 2.43. The highest BCUT2D eigenvalue weighted by molar-refractivity contribution is 5.76.